The fourth-order valence-corrected chi connectivity index (χ4v) is 15.0. The van der Waals surface area contributed by atoms with Gasteiger partial charge >= 0.3 is 18.0 Å². The topological polar surface area (TPSA) is 150 Å². The predicted molar refractivity (Wildman–Crippen MR) is 295 cm³/mol. The Morgan fingerprint density at radius 1 is 0.737 bits per heavy atom. The van der Waals surface area contributed by atoms with E-state index in [1.54, 1.807) is 19.1 Å². The van der Waals surface area contributed by atoms with Crippen LogP contribution >= 0.6 is 0 Å². The highest BCUT2D eigenvalue weighted by Gasteiger charge is 2.59. The molecular weight excluding hydrogens is 957 g/mol. The molecule has 3 saturated carbocycles. The predicted octanol–water partition coefficient (Wildman–Crippen LogP) is 13.1. The van der Waals surface area contributed by atoms with Crippen molar-refractivity contribution in [2.75, 3.05) is 33.9 Å². The molecule has 3 aromatic rings. The number of unbranched alkanes of at least 4 members (excludes halogenated alkanes) is 2. The van der Waals surface area contributed by atoms with Crippen molar-refractivity contribution in [3.8, 4) is 11.5 Å². The highest BCUT2D eigenvalue weighted by atomic mass is 16.6. The molecule has 2 N–H and O–H groups in total. The van der Waals surface area contributed by atoms with Crippen molar-refractivity contribution in [3.05, 3.63) is 107 Å². The Bertz CT molecular complexity index is 2390. The number of benzene rings is 3. The maximum Gasteiger partial charge on any atom is 0.407 e. The lowest BCUT2D eigenvalue weighted by Crippen LogP contribution is -2.51. The molecule has 0 aromatic heterocycles. The average molecular weight is 1050 g/mol. The first-order valence-electron chi connectivity index (χ1n) is 28.9. The van der Waals surface area contributed by atoms with Gasteiger partial charge in [0.15, 0.2) is 0 Å². The lowest BCUT2D eigenvalue weighted by Gasteiger charge is -2.58. The number of amides is 2. The van der Waals surface area contributed by atoms with Gasteiger partial charge in [-0.1, -0.05) is 127 Å². The molecule has 414 valence electrons. The van der Waals surface area contributed by atoms with Crippen LogP contribution in [0, 0.1) is 46.3 Å². The Morgan fingerprint density at radius 3 is 2.08 bits per heavy atom. The van der Waals surface area contributed by atoms with E-state index in [1.165, 1.54) is 56.9 Å². The number of fused-ring (bicyclic) bond motifs is 5. The number of ether oxygens (including phenoxy) is 5. The average Bonchev–Trinajstić information content (AvgIpc) is 4.06. The molecule has 1 aliphatic heterocycles. The Morgan fingerprint density at radius 2 is 1.42 bits per heavy atom. The number of nitrogens with one attached hydrogen (secondary N) is 1. The van der Waals surface area contributed by atoms with Gasteiger partial charge in [-0.2, -0.15) is 0 Å². The first-order valence-corrected chi connectivity index (χ1v) is 28.9. The van der Waals surface area contributed by atoms with Gasteiger partial charge in [0, 0.05) is 25.8 Å². The van der Waals surface area contributed by atoms with Gasteiger partial charge < -0.3 is 39.0 Å². The van der Waals surface area contributed by atoms with Crippen molar-refractivity contribution in [2.24, 2.45) is 46.3 Å². The molecule has 5 aliphatic rings. The molecule has 4 aliphatic carbocycles. The van der Waals surface area contributed by atoms with Gasteiger partial charge in [-0.05, 0) is 145 Å². The number of allylic oxidation sites excluding steroid dienone is 1. The Balaban J connectivity index is 0.845. The number of methoxy groups -OCH3 is 2. The molecule has 8 rings (SSSR count). The van der Waals surface area contributed by atoms with Crippen molar-refractivity contribution < 1.29 is 48.0 Å². The van der Waals surface area contributed by atoms with E-state index in [0.717, 1.165) is 77.9 Å². The molecule has 0 radical (unpaired) electrons. The fourth-order valence-electron chi connectivity index (χ4n) is 15.0. The van der Waals surface area contributed by atoms with E-state index < -0.39 is 29.7 Å². The summed E-state index contributed by atoms with van der Waals surface area (Å²) in [6.07, 6.45) is 16.9. The van der Waals surface area contributed by atoms with E-state index in [0.29, 0.717) is 42.7 Å². The second kappa shape index (κ2) is 25.4. The molecule has 0 spiro atoms. The fraction of sp³-hybridized carbons (Fsp3) is 0.625. The minimum Gasteiger partial charge on any atom is -0.497 e. The van der Waals surface area contributed by atoms with E-state index in [4.69, 9.17) is 23.7 Å². The lowest BCUT2D eigenvalue weighted by molar-refractivity contribution is -0.152. The summed E-state index contributed by atoms with van der Waals surface area (Å²) >= 11 is 0. The number of carbonyl (C=O) groups excluding carboxylic acids is 3. The van der Waals surface area contributed by atoms with E-state index in [-0.39, 0.29) is 55.9 Å². The number of alkyl carbamates (subject to hydrolysis) is 1. The Hall–Kier alpha value is -5.36. The number of aliphatic carboxylic acids is 1. The van der Waals surface area contributed by atoms with Crippen molar-refractivity contribution in [2.45, 2.75) is 174 Å². The zero-order chi connectivity index (χ0) is 54.0. The molecule has 1 heterocycles. The summed E-state index contributed by atoms with van der Waals surface area (Å²) in [6.45, 7) is 13.2. The van der Waals surface area contributed by atoms with Crippen LogP contribution in [0.25, 0.3) is 0 Å². The van der Waals surface area contributed by atoms with Gasteiger partial charge in [-0.15, -0.1) is 0 Å². The minimum atomic E-state index is -1.13. The summed E-state index contributed by atoms with van der Waals surface area (Å²) in [5.41, 5.74) is 3.60. The van der Waals surface area contributed by atoms with Crippen LogP contribution in [0.3, 0.4) is 0 Å². The van der Waals surface area contributed by atoms with Crippen LogP contribution in [0.4, 0.5) is 4.79 Å². The van der Waals surface area contributed by atoms with Crippen LogP contribution < -0.4 is 14.8 Å². The molecular formula is C64H88N2O10. The number of esters is 1. The van der Waals surface area contributed by atoms with E-state index in [9.17, 15) is 24.3 Å². The molecule has 1 saturated heterocycles. The maximum absolute atomic E-state index is 14.2. The van der Waals surface area contributed by atoms with Crippen LogP contribution in [-0.2, 0) is 34.2 Å². The summed E-state index contributed by atoms with van der Waals surface area (Å²) < 4.78 is 30.2. The SMILES string of the molecule is COc1ccc(C(OCC2CC(OC(=O)CCC(=O)O)CN2C(=O)CCCCCNC(=O)O[C@H]2CC[C@@]3(C)C(=CC[C@H]4[C@@H]5CC[C@H]([C@H](C)CCCC(C)C)[C@@]5(C)CC[C@@H]43)C2)(c2ccccc2)c2ccc(OC)cc2)cc1. The molecule has 2 amide bonds. The van der Waals surface area contributed by atoms with E-state index in [2.05, 4.69) is 46.0 Å². The summed E-state index contributed by atoms with van der Waals surface area (Å²) in [5, 5.41) is 12.2. The summed E-state index contributed by atoms with van der Waals surface area (Å²) in [6, 6.07) is 25.0. The Labute approximate surface area is 453 Å². The van der Waals surface area contributed by atoms with E-state index in [1.807, 2.05) is 78.9 Å². The van der Waals surface area contributed by atoms with Gasteiger partial charge in [0.25, 0.3) is 0 Å². The molecule has 4 fully saturated rings. The third-order valence-electron chi connectivity index (χ3n) is 19.1. The number of hydrogen-bond donors (Lipinski definition) is 2. The lowest BCUT2D eigenvalue weighted by atomic mass is 9.47. The minimum absolute atomic E-state index is 0.0892. The summed E-state index contributed by atoms with van der Waals surface area (Å²) in [7, 11) is 3.25. The standard InChI is InChI=1S/C64H88N2O10/c1-43(2)15-14-16-44(3)55-30-31-56-54-29-24-48-39-52(34-36-62(48,4)57(54)35-37-63(55,56)5)76-61(71)65-38-13-9-12-19-58(67)66-41-53(75-60(70)33-32-59(68)69)40-49(66)42-74-64(45-17-10-8-11-18-45,46-20-25-50(72-6)26-21-46)47-22-27-51(73-7)28-23-47/h8,10-11,17-18,20-28,43-44,49,52-57H,9,12-16,19,29-42H2,1-7H3,(H,65,71)(H,68,69)/t44-,49?,52+,53?,54+,55-,56+,57+,62+,63-/m1/s1. The molecule has 10 atom stereocenters. The smallest absolute Gasteiger partial charge is 0.407 e. The third kappa shape index (κ3) is 12.8. The normalized spacial score (nSPS) is 27.3. The van der Waals surface area contributed by atoms with Crippen LogP contribution in [0.5, 0.6) is 11.5 Å². The maximum atomic E-state index is 14.2. The van der Waals surface area contributed by atoms with Gasteiger partial charge in [-0.25, -0.2) is 4.79 Å². The number of rotatable bonds is 24. The van der Waals surface area contributed by atoms with Gasteiger partial charge in [0.05, 0.1) is 46.3 Å². The van der Waals surface area contributed by atoms with Crippen molar-refractivity contribution in [3.63, 3.8) is 0 Å². The van der Waals surface area contributed by atoms with Crippen molar-refractivity contribution in [1.82, 2.24) is 10.2 Å². The van der Waals surface area contributed by atoms with Gasteiger partial charge in [0.1, 0.15) is 29.3 Å². The van der Waals surface area contributed by atoms with Crippen LogP contribution in [-0.4, -0.2) is 86.1 Å². The zero-order valence-corrected chi connectivity index (χ0v) is 46.7. The second-order valence-corrected chi connectivity index (χ2v) is 24.1. The molecule has 76 heavy (non-hydrogen) atoms. The van der Waals surface area contributed by atoms with Crippen LogP contribution in [0.15, 0.2) is 90.5 Å². The largest absolute Gasteiger partial charge is 0.497 e. The number of likely N-dealkylation sites (tertiary alicyclic amines) is 1. The van der Waals surface area contributed by atoms with E-state index >= 15 is 0 Å². The Kier molecular flexibility index (Phi) is 19.0. The molecule has 2 unspecified atom stereocenters. The highest BCUT2D eigenvalue weighted by molar-refractivity contribution is 5.78. The number of carbonyl (C=O) groups is 4. The first kappa shape index (κ1) is 56.8. The summed E-state index contributed by atoms with van der Waals surface area (Å²) in [4.78, 5) is 53.3. The van der Waals surface area contributed by atoms with Gasteiger partial charge in [-0.3, -0.25) is 14.4 Å². The monoisotopic (exact) mass is 1040 g/mol. The molecule has 12 heteroatoms. The third-order valence-corrected chi connectivity index (χ3v) is 19.1. The van der Waals surface area contributed by atoms with Gasteiger partial charge in [0.2, 0.25) is 5.91 Å². The first-order chi connectivity index (χ1) is 36.6. The molecule has 3 aromatic carbocycles. The second-order valence-electron chi connectivity index (χ2n) is 24.1. The number of hydrogen-bond acceptors (Lipinski definition) is 9. The van der Waals surface area contributed by atoms with Crippen molar-refractivity contribution in [1.29, 1.82) is 0 Å². The zero-order valence-electron chi connectivity index (χ0n) is 46.7. The highest BCUT2D eigenvalue weighted by Crippen LogP contribution is 2.67. The molecule has 0 bridgehead atoms. The number of nitrogens with zero attached hydrogens (tertiary/aromatic N) is 1. The van der Waals surface area contributed by atoms with Crippen LogP contribution in [0.2, 0.25) is 0 Å². The molecule has 12 nitrogen and oxygen atoms in total. The van der Waals surface area contributed by atoms with Crippen molar-refractivity contribution >= 4 is 23.9 Å². The summed E-state index contributed by atoms with van der Waals surface area (Å²) in [5.74, 6) is 4.34. The van der Waals surface area contributed by atoms with Crippen LogP contribution in [0.1, 0.15) is 167 Å². The number of carboxylic acids is 1. The quantitative estimate of drug-likeness (QED) is 0.0384. The number of carboxylic acid groups (broad SMARTS) is 1.